The summed E-state index contributed by atoms with van der Waals surface area (Å²) in [4.78, 5) is 0. The van der Waals surface area contributed by atoms with E-state index in [1.165, 1.54) is 0 Å². The lowest BCUT2D eigenvalue weighted by Crippen LogP contribution is -2.37. The second kappa shape index (κ2) is 4.14. The predicted octanol–water partition coefficient (Wildman–Crippen LogP) is 1.06. The molecule has 1 unspecified atom stereocenters. The maximum Gasteiger partial charge on any atom is 0.325 e. The number of oxime groups is 1. The molecule has 1 atom stereocenters. The van der Waals surface area contributed by atoms with Gasteiger partial charge in [0, 0.05) is 0 Å². The Labute approximate surface area is 99.6 Å². The topological polar surface area (TPSA) is 74.2 Å². The van der Waals surface area contributed by atoms with Crippen molar-refractivity contribution in [2.24, 2.45) is 5.16 Å². The summed E-state index contributed by atoms with van der Waals surface area (Å²) in [6.45, 7) is 5.26. The third kappa shape index (κ3) is 3.58. The zero-order chi connectivity index (χ0) is 12.6. The maximum absolute atomic E-state index is 10.7. The van der Waals surface area contributed by atoms with E-state index < -0.39 is 21.5 Å². The second-order valence-electron chi connectivity index (χ2n) is 4.18. The summed E-state index contributed by atoms with van der Waals surface area (Å²) >= 11 is 5.82. The van der Waals surface area contributed by atoms with Gasteiger partial charge < -0.3 is 9.47 Å². The lowest BCUT2D eigenvalue weighted by atomic mass is 10.1. The molecule has 1 heterocycles. The second-order valence-corrected chi connectivity index (χ2v) is 6.10. The van der Waals surface area contributed by atoms with E-state index in [1.807, 2.05) is 0 Å². The van der Waals surface area contributed by atoms with Gasteiger partial charge in [-0.3, -0.25) is 4.28 Å². The van der Waals surface area contributed by atoms with Crippen LogP contribution in [0.1, 0.15) is 20.8 Å². The molecule has 0 aromatic rings. The molecule has 8 heteroatoms. The largest absolute Gasteiger partial charge is 0.347 e. The number of rotatable bonds is 3. The van der Waals surface area contributed by atoms with E-state index in [4.69, 9.17) is 21.1 Å². The number of nitrogens with zero attached hydrogens (tertiary/aromatic N) is 1. The van der Waals surface area contributed by atoms with E-state index in [0.29, 0.717) is 0 Å². The minimum absolute atomic E-state index is 0.108. The Morgan fingerprint density at radius 1 is 1.44 bits per heavy atom. The van der Waals surface area contributed by atoms with E-state index in [-0.39, 0.29) is 11.8 Å². The molecule has 1 fully saturated rings. The van der Waals surface area contributed by atoms with Gasteiger partial charge in [0.2, 0.25) is 0 Å². The van der Waals surface area contributed by atoms with Crippen LogP contribution in [0.2, 0.25) is 0 Å². The quantitative estimate of drug-likeness (QED) is 0.567. The Balaban J connectivity index is 2.78. The van der Waals surface area contributed by atoms with E-state index in [9.17, 15) is 8.42 Å². The van der Waals surface area contributed by atoms with Crippen LogP contribution >= 0.6 is 11.6 Å². The SMILES string of the molecule is CC1(C)OCC(C)(C(Cl)=NOS(C)(=O)=O)O1. The fraction of sp³-hybridized carbons (Fsp3) is 0.875. The molecule has 0 radical (unpaired) electrons. The summed E-state index contributed by atoms with van der Waals surface area (Å²) in [5.74, 6) is -0.782. The molecular formula is C8H14ClNO5S. The molecule has 16 heavy (non-hydrogen) atoms. The summed E-state index contributed by atoms with van der Waals surface area (Å²) in [7, 11) is -3.67. The van der Waals surface area contributed by atoms with E-state index in [2.05, 4.69) is 9.44 Å². The van der Waals surface area contributed by atoms with Gasteiger partial charge in [0.05, 0.1) is 12.9 Å². The van der Waals surface area contributed by atoms with E-state index in [0.717, 1.165) is 6.26 Å². The lowest BCUT2D eigenvalue weighted by Gasteiger charge is -2.22. The van der Waals surface area contributed by atoms with Crippen LogP contribution in [0, 0.1) is 0 Å². The van der Waals surface area contributed by atoms with E-state index in [1.54, 1.807) is 20.8 Å². The van der Waals surface area contributed by atoms with Crippen LogP contribution in [0.5, 0.6) is 0 Å². The van der Waals surface area contributed by atoms with Gasteiger partial charge in [0.25, 0.3) is 0 Å². The molecule has 0 bridgehead atoms. The van der Waals surface area contributed by atoms with Crippen molar-refractivity contribution in [3.63, 3.8) is 0 Å². The smallest absolute Gasteiger partial charge is 0.325 e. The number of ether oxygens (including phenoxy) is 2. The van der Waals surface area contributed by atoms with Crippen molar-refractivity contribution in [1.29, 1.82) is 0 Å². The Hall–Kier alpha value is -0.370. The Kier molecular flexibility index (Phi) is 3.54. The van der Waals surface area contributed by atoms with Crippen molar-refractivity contribution in [1.82, 2.24) is 0 Å². The molecule has 0 aromatic carbocycles. The molecule has 0 N–H and O–H groups in total. The van der Waals surface area contributed by atoms with Crippen molar-refractivity contribution in [2.45, 2.75) is 32.2 Å². The highest BCUT2D eigenvalue weighted by Crippen LogP contribution is 2.32. The fourth-order valence-electron chi connectivity index (χ4n) is 1.21. The molecule has 0 aromatic heterocycles. The highest BCUT2D eigenvalue weighted by atomic mass is 35.5. The van der Waals surface area contributed by atoms with Crippen LogP contribution in [0.25, 0.3) is 0 Å². The van der Waals surface area contributed by atoms with Gasteiger partial charge in [-0.1, -0.05) is 16.8 Å². The lowest BCUT2D eigenvalue weighted by molar-refractivity contribution is -0.144. The van der Waals surface area contributed by atoms with Gasteiger partial charge >= 0.3 is 10.1 Å². The zero-order valence-electron chi connectivity index (χ0n) is 9.48. The third-order valence-corrected chi connectivity index (χ3v) is 2.67. The minimum atomic E-state index is -3.67. The average Bonchev–Trinajstić information content (AvgIpc) is 2.36. The highest BCUT2D eigenvalue weighted by Gasteiger charge is 2.45. The molecule has 0 aliphatic carbocycles. The molecule has 1 saturated heterocycles. The zero-order valence-corrected chi connectivity index (χ0v) is 11.1. The van der Waals surface area contributed by atoms with Gasteiger partial charge in [-0.15, -0.1) is 0 Å². The van der Waals surface area contributed by atoms with Gasteiger partial charge in [0.15, 0.2) is 11.0 Å². The molecule has 0 amide bonds. The first-order valence-corrected chi connectivity index (χ1v) is 6.70. The van der Waals surface area contributed by atoms with Crippen molar-refractivity contribution in [3.05, 3.63) is 0 Å². The molecule has 6 nitrogen and oxygen atoms in total. The van der Waals surface area contributed by atoms with Gasteiger partial charge in [-0.05, 0) is 20.8 Å². The summed E-state index contributed by atoms with van der Waals surface area (Å²) in [6, 6.07) is 0. The normalized spacial score (nSPS) is 30.4. The molecule has 1 aliphatic heterocycles. The van der Waals surface area contributed by atoms with Crippen molar-refractivity contribution in [2.75, 3.05) is 12.9 Å². The molecule has 0 spiro atoms. The fourth-order valence-corrected chi connectivity index (χ4v) is 1.59. The van der Waals surface area contributed by atoms with Crippen LogP contribution in [-0.4, -0.2) is 37.8 Å². The minimum Gasteiger partial charge on any atom is -0.347 e. The average molecular weight is 272 g/mol. The molecule has 1 aliphatic rings. The first-order chi connectivity index (χ1) is 7.04. The van der Waals surface area contributed by atoms with Crippen LogP contribution < -0.4 is 0 Å². The first kappa shape index (κ1) is 13.7. The van der Waals surface area contributed by atoms with Crippen LogP contribution in [0.4, 0.5) is 0 Å². The Bertz CT molecular complexity index is 405. The first-order valence-electron chi connectivity index (χ1n) is 4.51. The molecular weight excluding hydrogens is 258 g/mol. The molecule has 94 valence electrons. The summed E-state index contributed by atoms with van der Waals surface area (Å²) in [6.07, 6.45) is 0.874. The van der Waals surface area contributed by atoms with Crippen molar-refractivity contribution in [3.8, 4) is 0 Å². The number of hydrogen-bond donors (Lipinski definition) is 0. The van der Waals surface area contributed by atoms with Crippen LogP contribution in [-0.2, 0) is 23.9 Å². The van der Waals surface area contributed by atoms with E-state index >= 15 is 0 Å². The highest BCUT2D eigenvalue weighted by molar-refractivity contribution is 7.85. The molecule has 1 rings (SSSR count). The predicted molar refractivity (Wildman–Crippen MR) is 58.7 cm³/mol. The Morgan fingerprint density at radius 2 is 2.00 bits per heavy atom. The number of halogens is 1. The Morgan fingerprint density at radius 3 is 2.38 bits per heavy atom. The third-order valence-electron chi connectivity index (χ3n) is 1.86. The van der Waals surface area contributed by atoms with Gasteiger partial charge in [-0.2, -0.15) is 8.42 Å². The summed E-state index contributed by atoms with van der Waals surface area (Å²) in [5, 5.41) is 3.20. The molecule has 0 saturated carbocycles. The summed E-state index contributed by atoms with van der Waals surface area (Å²) in [5.41, 5.74) is -0.990. The maximum atomic E-state index is 10.7. The van der Waals surface area contributed by atoms with Gasteiger partial charge in [0.1, 0.15) is 5.60 Å². The monoisotopic (exact) mass is 271 g/mol. The number of hydrogen-bond acceptors (Lipinski definition) is 6. The van der Waals surface area contributed by atoms with Crippen molar-refractivity contribution >= 4 is 26.9 Å². The standard InChI is InChI=1S/C8H14ClNO5S/c1-7(2)13-5-8(3,14-7)6(9)10-15-16(4,11)12/h5H2,1-4H3. The van der Waals surface area contributed by atoms with Crippen molar-refractivity contribution < 1.29 is 22.2 Å². The van der Waals surface area contributed by atoms with Crippen LogP contribution in [0.15, 0.2) is 5.16 Å². The van der Waals surface area contributed by atoms with Gasteiger partial charge in [-0.25, -0.2) is 0 Å². The van der Waals surface area contributed by atoms with Crippen LogP contribution in [0.3, 0.4) is 0 Å². The summed E-state index contributed by atoms with van der Waals surface area (Å²) < 4.78 is 36.5.